The van der Waals surface area contributed by atoms with Crippen molar-refractivity contribution >= 4 is 17.6 Å². The fourth-order valence-electron chi connectivity index (χ4n) is 2.22. The number of benzene rings is 1. The molecule has 0 aromatic heterocycles. The van der Waals surface area contributed by atoms with Crippen molar-refractivity contribution in [2.24, 2.45) is 0 Å². The van der Waals surface area contributed by atoms with Crippen molar-refractivity contribution in [3.05, 3.63) is 23.5 Å². The normalized spacial score (nSPS) is 11.1. The van der Waals surface area contributed by atoms with Crippen LogP contribution in [0.2, 0.25) is 0 Å². The maximum absolute atomic E-state index is 14.3. The lowest BCUT2D eigenvalue weighted by Crippen LogP contribution is -2.24. The summed E-state index contributed by atoms with van der Waals surface area (Å²) in [5, 5.41) is 0. The predicted octanol–water partition coefficient (Wildman–Crippen LogP) is 3.40. The maximum Gasteiger partial charge on any atom is 0.306 e. The Labute approximate surface area is 153 Å². The molecule has 1 aromatic carbocycles. The van der Waals surface area contributed by atoms with Gasteiger partial charge in [0.2, 0.25) is 0 Å². The Morgan fingerprint density at radius 2 is 1.85 bits per heavy atom. The highest BCUT2D eigenvalue weighted by molar-refractivity contribution is 5.70. The van der Waals surface area contributed by atoms with E-state index in [2.05, 4.69) is 0 Å². The van der Waals surface area contributed by atoms with Crippen LogP contribution in [0.3, 0.4) is 0 Å². The average molecular weight is 369 g/mol. The molecule has 0 bridgehead atoms. The molecule has 0 spiro atoms. The van der Waals surface area contributed by atoms with Gasteiger partial charge in [-0.3, -0.25) is 9.59 Å². The van der Waals surface area contributed by atoms with Crippen LogP contribution in [0.5, 0.6) is 5.75 Å². The van der Waals surface area contributed by atoms with E-state index >= 15 is 0 Å². The number of anilines is 1. The standard InChI is InChI=1S/C19H28FNO5/c1-5-24-15(22)11-9-13-8-10-14(21)17(20)18(13)25-12-6-7-16(23)26-19(2,3)4/h8,10H,5-7,9,11-12,21H2,1-4H3. The number of aryl methyl sites for hydroxylation is 1. The summed E-state index contributed by atoms with van der Waals surface area (Å²) in [4.78, 5) is 23.2. The van der Waals surface area contributed by atoms with Gasteiger partial charge in [0.15, 0.2) is 11.6 Å². The van der Waals surface area contributed by atoms with Crippen molar-refractivity contribution in [3.8, 4) is 5.75 Å². The fourth-order valence-corrected chi connectivity index (χ4v) is 2.22. The zero-order chi connectivity index (χ0) is 19.7. The Morgan fingerprint density at radius 3 is 2.46 bits per heavy atom. The van der Waals surface area contributed by atoms with E-state index in [0.717, 1.165) is 0 Å². The lowest BCUT2D eigenvalue weighted by Gasteiger charge is -2.19. The van der Waals surface area contributed by atoms with E-state index in [1.165, 1.54) is 6.07 Å². The first-order valence-electron chi connectivity index (χ1n) is 8.71. The number of rotatable bonds is 9. The molecule has 0 aliphatic rings. The minimum absolute atomic E-state index is 0.0125. The van der Waals surface area contributed by atoms with Crippen LogP contribution in [0.25, 0.3) is 0 Å². The molecule has 0 saturated heterocycles. The van der Waals surface area contributed by atoms with Crippen LogP contribution >= 0.6 is 0 Å². The van der Waals surface area contributed by atoms with Gasteiger partial charge in [0, 0.05) is 12.8 Å². The summed E-state index contributed by atoms with van der Waals surface area (Å²) in [5.74, 6) is -1.35. The van der Waals surface area contributed by atoms with Crippen molar-refractivity contribution < 1.29 is 28.2 Å². The summed E-state index contributed by atoms with van der Waals surface area (Å²) in [6.07, 6.45) is 0.933. The largest absolute Gasteiger partial charge is 0.490 e. The fraction of sp³-hybridized carbons (Fsp3) is 0.579. The van der Waals surface area contributed by atoms with Gasteiger partial charge in [0.25, 0.3) is 0 Å². The van der Waals surface area contributed by atoms with Gasteiger partial charge in [-0.15, -0.1) is 0 Å². The monoisotopic (exact) mass is 369 g/mol. The molecule has 0 aliphatic carbocycles. The van der Waals surface area contributed by atoms with Gasteiger partial charge in [0.05, 0.1) is 18.9 Å². The molecule has 0 amide bonds. The third-order valence-corrected chi connectivity index (χ3v) is 3.30. The number of hydrogen-bond donors (Lipinski definition) is 1. The Balaban J connectivity index is 2.62. The summed E-state index contributed by atoms with van der Waals surface area (Å²) in [6, 6.07) is 3.06. The second kappa shape index (κ2) is 9.99. The van der Waals surface area contributed by atoms with Crippen LogP contribution in [-0.2, 0) is 25.5 Å². The first-order chi connectivity index (χ1) is 12.1. The van der Waals surface area contributed by atoms with Gasteiger partial charge in [-0.25, -0.2) is 4.39 Å². The quantitative estimate of drug-likeness (QED) is 0.408. The third-order valence-electron chi connectivity index (χ3n) is 3.30. The number of halogens is 1. The number of esters is 2. The number of ether oxygens (including phenoxy) is 3. The van der Waals surface area contributed by atoms with E-state index in [9.17, 15) is 14.0 Å². The number of nitrogens with two attached hydrogens (primary N) is 1. The molecular weight excluding hydrogens is 341 g/mol. The predicted molar refractivity (Wildman–Crippen MR) is 96.3 cm³/mol. The van der Waals surface area contributed by atoms with E-state index in [4.69, 9.17) is 19.9 Å². The lowest BCUT2D eigenvalue weighted by atomic mass is 10.1. The van der Waals surface area contributed by atoms with Crippen molar-refractivity contribution in [1.82, 2.24) is 0 Å². The molecule has 0 saturated carbocycles. The van der Waals surface area contributed by atoms with E-state index in [0.29, 0.717) is 18.6 Å². The SMILES string of the molecule is CCOC(=O)CCc1ccc(N)c(F)c1OCCCC(=O)OC(C)(C)C. The highest BCUT2D eigenvalue weighted by Crippen LogP contribution is 2.29. The highest BCUT2D eigenvalue weighted by atomic mass is 19.1. The van der Waals surface area contributed by atoms with Crippen molar-refractivity contribution in [2.45, 2.75) is 59.0 Å². The summed E-state index contributed by atoms with van der Waals surface area (Å²) in [5.41, 5.74) is 5.55. The second-order valence-electron chi connectivity index (χ2n) is 6.80. The number of hydrogen-bond acceptors (Lipinski definition) is 6. The summed E-state index contributed by atoms with van der Waals surface area (Å²) in [7, 11) is 0. The van der Waals surface area contributed by atoms with Gasteiger partial charge in [-0.05, 0) is 52.2 Å². The molecular formula is C19H28FNO5. The minimum atomic E-state index is -0.663. The van der Waals surface area contributed by atoms with E-state index in [1.807, 2.05) is 0 Å². The van der Waals surface area contributed by atoms with Gasteiger partial charge in [0.1, 0.15) is 5.60 Å². The zero-order valence-electron chi connectivity index (χ0n) is 15.9. The highest BCUT2D eigenvalue weighted by Gasteiger charge is 2.17. The zero-order valence-corrected chi connectivity index (χ0v) is 15.9. The summed E-state index contributed by atoms with van der Waals surface area (Å²) < 4.78 is 29.9. The summed E-state index contributed by atoms with van der Waals surface area (Å²) >= 11 is 0. The molecule has 1 rings (SSSR count). The number of nitrogen functional groups attached to an aromatic ring is 1. The van der Waals surface area contributed by atoms with Gasteiger partial charge in [-0.2, -0.15) is 0 Å². The van der Waals surface area contributed by atoms with E-state index in [-0.39, 0.29) is 49.2 Å². The van der Waals surface area contributed by atoms with Gasteiger partial charge >= 0.3 is 11.9 Å². The lowest BCUT2D eigenvalue weighted by molar-refractivity contribution is -0.155. The number of carbonyl (C=O) groups excluding carboxylic acids is 2. The molecule has 26 heavy (non-hydrogen) atoms. The number of carbonyl (C=O) groups is 2. The smallest absolute Gasteiger partial charge is 0.306 e. The van der Waals surface area contributed by atoms with Crippen LogP contribution in [-0.4, -0.2) is 30.8 Å². The Morgan fingerprint density at radius 1 is 1.15 bits per heavy atom. The van der Waals surface area contributed by atoms with Crippen LogP contribution in [0.1, 0.15) is 52.5 Å². The Bertz CT molecular complexity index is 625. The first-order valence-corrected chi connectivity index (χ1v) is 8.71. The Hall–Kier alpha value is -2.31. The molecule has 0 aliphatic heterocycles. The van der Waals surface area contributed by atoms with Crippen molar-refractivity contribution in [2.75, 3.05) is 18.9 Å². The van der Waals surface area contributed by atoms with E-state index in [1.54, 1.807) is 33.8 Å². The molecule has 0 atom stereocenters. The molecule has 1 aromatic rings. The molecule has 0 heterocycles. The third kappa shape index (κ3) is 7.72. The molecule has 0 radical (unpaired) electrons. The summed E-state index contributed by atoms with van der Waals surface area (Å²) in [6.45, 7) is 7.52. The topological polar surface area (TPSA) is 87.9 Å². The Kier molecular flexibility index (Phi) is 8.35. The molecule has 146 valence electrons. The van der Waals surface area contributed by atoms with Crippen LogP contribution < -0.4 is 10.5 Å². The van der Waals surface area contributed by atoms with Crippen LogP contribution in [0.15, 0.2) is 12.1 Å². The first kappa shape index (κ1) is 21.7. The van der Waals surface area contributed by atoms with Crippen molar-refractivity contribution in [1.29, 1.82) is 0 Å². The van der Waals surface area contributed by atoms with Crippen LogP contribution in [0, 0.1) is 5.82 Å². The van der Waals surface area contributed by atoms with E-state index < -0.39 is 11.4 Å². The minimum Gasteiger partial charge on any atom is -0.490 e. The van der Waals surface area contributed by atoms with Crippen molar-refractivity contribution in [3.63, 3.8) is 0 Å². The maximum atomic E-state index is 14.3. The van der Waals surface area contributed by atoms with Gasteiger partial charge < -0.3 is 19.9 Å². The molecule has 7 heteroatoms. The second-order valence-corrected chi connectivity index (χ2v) is 6.80. The average Bonchev–Trinajstić information content (AvgIpc) is 2.52. The van der Waals surface area contributed by atoms with Gasteiger partial charge in [-0.1, -0.05) is 6.07 Å². The molecule has 0 unspecified atom stereocenters. The van der Waals surface area contributed by atoms with Crippen LogP contribution in [0.4, 0.5) is 10.1 Å². The molecule has 2 N–H and O–H groups in total. The molecule has 0 fully saturated rings. The molecule has 6 nitrogen and oxygen atoms in total.